The van der Waals surface area contributed by atoms with Crippen LogP contribution in [0.3, 0.4) is 0 Å². The van der Waals surface area contributed by atoms with Gasteiger partial charge in [-0.1, -0.05) is 29.3 Å². The van der Waals surface area contributed by atoms with Crippen LogP contribution in [0.1, 0.15) is 27.2 Å². The molecule has 1 heterocycles. The van der Waals surface area contributed by atoms with Crippen LogP contribution in [0.15, 0.2) is 53.6 Å². The summed E-state index contributed by atoms with van der Waals surface area (Å²) in [7, 11) is 0. The monoisotopic (exact) mass is 440 g/mol. The van der Waals surface area contributed by atoms with Crippen molar-refractivity contribution in [1.29, 1.82) is 0 Å². The molecule has 0 saturated heterocycles. The molecular weight excluding hydrogens is 428 g/mol. The average Bonchev–Trinajstić information content (AvgIpc) is 2.96. The van der Waals surface area contributed by atoms with Crippen LogP contribution in [0, 0.1) is 6.92 Å². The van der Waals surface area contributed by atoms with Crippen LogP contribution in [0.2, 0.25) is 10.2 Å². The Morgan fingerprint density at radius 3 is 2.52 bits per heavy atom. The first-order chi connectivity index (χ1) is 13.7. The molecule has 0 fully saturated rings. The number of rotatable bonds is 4. The summed E-state index contributed by atoms with van der Waals surface area (Å²) in [5.41, 5.74) is 2.82. The van der Waals surface area contributed by atoms with E-state index in [1.807, 2.05) is 0 Å². The first kappa shape index (κ1) is 20.9. The van der Waals surface area contributed by atoms with E-state index < -0.39 is 17.6 Å². The summed E-state index contributed by atoms with van der Waals surface area (Å²) in [5.74, 6) is -0.461. The van der Waals surface area contributed by atoms with E-state index in [1.54, 1.807) is 19.1 Å². The zero-order chi connectivity index (χ0) is 21.2. The Labute approximate surface area is 173 Å². The summed E-state index contributed by atoms with van der Waals surface area (Å²) in [6, 6.07) is 10.8. The first-order valence-electron chi connectivity index (χ1n) is 8.18. The maximum absolute atomic E-state index is 12.9. The second-order valence-corrected chi connectivity index (χ2v) is 6.75. The summed E-state index contributed by atoms with van der Waals surface area (Å²) in [6.45, 7) is 1.62. The molecule has 1 N–H and O–H groups in total. The molecule has 3 aromatic rings. The van der Waals surface area contributed by atoms with Gasteiger partial charge in [0, 0.05) is 10.6 Å². The average molecular weight is 441 g/mol. The van der Waals surface area contributed by atoms with Gasteiger partial charge >= 0.3 is 6.18 Å². The van der Waals surface area contributed by atoms with E-state index in [-0.39, 0.29) is 10.8 Å². The summed E-state index contributed by atoms with van der Waals surface area (Å²) in [6.07, 6.45) is -3.20. The highest BCUT2D eigenvalue weighted by molar-refractivity contribution is 6.32. The smallest absolute Gasteiger partial charge is 0.267 e. The molecule has 0 saturated carbocycles. The van der Waals surface area contributed by atoms with Crippen molar-refractivity contribution in [2.45, 2.75) is 13.1 Å². The van der Waals surface area contributed by atoms with Crippen molar-refractivity contribution >= 4 is 35.3 Å². The van der Waals surface area contributed by atoms with Crippen LogP contribution in [-0.2, 0) is 6.18 Å². The fourth-order valence-electron chi connectivity index (χ4n) is 2.46. The number of halogens is 5. The molecule has 10 heteroatoms. The molecule has 5 nitrogen and oxygen atoms in total. The Hall–Kier alpha value is -2.84. The molecule has 3 rings (SSSR count). The van der Waals surface area contributed by atoms with E-state index in [2.05, 4.69) is 15.6 Å². The Balaban J connectivity index is 1.82. The van der Waals surface area contributed by atoms with E-state index in [0.717, 1.165) is 12.1 Å². The number of nitrogens with zero attached hydrogens (tertiary/aromatic N) is 3. The molecule has 1 amide bonds. The number of carbonyl (C=O) groups is 1. The number of hydrazone groups is 1. The minimum atomic E-state index is -4.49. The van der Waals surface area contributed by atoms with Crippen LogP contribution in [0.25, 0.3) is 5.69 Å². The van der Waals surface area contributed by atoms with Crippen molar-refractivity contribution in [2.75, 3.05) is 0 Å². The number of nitrogens with one attached hydrogen (secondary N) is 1. The van der Waals surface area contributed by atoms with Crippen LogP contribution in [0.5, 0.6) is 0 Å². The lowest BCUT2D eigenvalue weighted by Gasteiger charge is -2.09. The van der Waals surface area contributed by atoms with Crippen molar-refractivity contribution < 1.29 is 18.0 Å². The molecule has 0 aliphatic carbocycles. The fourth-order valence-corrected chi connectivity index (χ4v) is 2.91. The van der Waals surface area contributed by atoms with Crippen LogP contribution >= 0.6 is 23.2 Å². The molecule has 0 bridgehead atoms. The topological polar surface area (TPSA) is 59.3 Å². The van der Waals surface area contributed by atoms with E-state index in [9.17, 15) is 18.0 Å². The largest absolute Gasteiger partial charge is 0.416 e. The molecule has 1 aromatic heterocycles. The summed E-state index contributed by atoms with van der Waals surface area (Å²) < 4.78 is 40.0. The molecule has 0 atom stereocenters. The second kappa shape index (κ2) is 8.26. The van der Waals surface area contributed by atoms with Crippen molar-refractivity contribution in [2.24, 2.45) is 5.10 Å². The van der Waals surface area contributed by atoms with Gasteiger partial charge in [-0.15, -0.1) is 0 Å². The molecule has 0 spiro atoms. The highest BCUT2D eigenvalue weighted by Crippen LogP contribution is 2.31. The summed E-state index contributed by atoms with van der Waals surface area (Å²) in [4.78, 5) is 12.0. The lowest BCUT2D eigenvalue weighted by atomic mass is 10.2. The number of hydrogen-bond acceptors (Lipinski definition) is 3. The predicted octanol–water partition coefficient (Wildman–Crippen LogP) is 5.27. The van der Waals surface area contributed by atoms with Gasteiger partial charge in [0.15, 0.2) is 0 Å². The maximum Gasteiger partial charge on any atom is 0.416 e. The lowest BCUT2D eigenvalue weighted by Crippen LogP contribution is -2.17. The normalized spacial score (nSPS) is 11.8. The molecular formula is C19H13Cl2F3N4O. The summed E-state index contributed by atoms with van der Waals surface area (Å²) in [5, 5.41) is 8.57. The third-order valence-electron chi connectivity index (χ3n) is 3.93. The number of alkyl halides is 3. The van der Waals surface area contributed by atoms with Gasteiger partial charge in [0.2, 0.25) is 0 Å². The van der Waals surface area contributed by atoms with Crippen molar-refractivity contribution in [3.05, 3.63) is 81.1 Å². The molecule has 0 aliphatic heterocycles. The Morgan fingerprint density at radius 2 is 1.86 bits per heavy atom. The van der Waals surface area contributed by atoms with Gasteiger partial charge in [0.1, 0.15) is 5.15 Å². The number of benzene rings is 2. The Morgan fingerprint density at radius 1 is 1.17 bits per heavy atom. The Kier molecular flexibility index (Phi) is 5.95. The van der Waals surface area contributed by atoms with Crippen LogP contribution in [0.4, 0.5) is 13.2 Å². The molecule has 150 valence electrons. The van der Waals surface area contributed by atoms with E-state index >= 15 is 0 Å². The highest BCUT2D eigenvalue weighted by Gasteiger charge is 2.30. The number of amides is 1. The lowest BCUT2D eigenvalue weighted by molar-refractivity contribution is -0.137. The van der Waals surface area contributed by atoms with Gasteiger partial charge in [-0.05, 0) is 49.4 Å². The molecule has 0 aliphatic rings. The first-order valence-corrected chi connectivity index (χ1v) is 8.94. The molecule has 2 aromatic carbocycles. The quantitative estimate of drug-likeness (QED) is 0.443. The number of aromatic nitrogens is 2. The van der Waals surface area contributed by atoms with Gasteiger partial charge in [-0.2, -0.15) is 23.4 Å². The van der Waals surface area contributed by atoms with Crippen molar-refractivity contribution in [1.82, 2.24) is 15.2 Å². The molecule has 0 radical (unpaired) electrons. The van der Waals surface area contributed by atoms with Crippen LogP contribution < -0.4 is 5.43 Å². The summed E-state index contributed by atoms with van der Waals surface area (Å²) >= 11 is 12.1. The van der Waals surface area contributed by atoms with E-state index in [0.29, 0.717) is 21.8 Å². The van der Waals surface area contributed by atoms with Gasteiger partial charge in [0.25, 0.3) is 5.91 Å². The fraction of sp³-hybridized carbons (Fsp3) is 0.105. The Bertz CT molecular complexity index is 1080. The van der Waals surface area contributed by atoms with Crippen molar-refractivity contribution in [3.63, 3.8) is 0 Å². The third-order valence-corrected chi connectivity index (χ3v) is 4.55. The van der Waals surface area contributed by atoms with Gasteiger partial charge in [-0.3, -0.25) is 4.79 Å². The van der Waals surface area contributed by atoms with Crippen LogP contribution in [-0.4, -0.2) is 21.9 Å². The maximum atomic E-state index is 12.9. The minimum absolute atomic E-state index is 0.0614. The number of carbonyl (C=O) groups excluding carboxylic acids is 1. The standard InChI is InChI=1S/C19H13Cl2F3N4O/c1-11-16(10-25-26-18(29)12-5-7-14(20)8-6-12)17(21)28(27-11)15-4-2-3-13(9-15)19(22,23)24/h2-10H,1H3,(H,26,29). The molecule has 0 unspecified atom stereocenters. The van der Waals surface area contributed by atoms with Crippen molar-refractivity contribution in [3.8, 4) is 5.69 Å². The minimum Gasteiger partial charge on any atom is -0.267 e. The van der Waals surface area contributed by atoms with E-state index in [1.165, 1.54) is 35.2 Å². The number of hydrogen-bond donors (Lipinski definition) is 1. The van der Waals surface area contributed by atoms with Gasteiger partial charge in [0.05, 0.1) is 28.7 Å². The zero-order valence-corrected chi connectivity index (χ0v) is 16.3. The zero-order valence-electron chi connectivity index (χ0n) is 14.8. The number of aryl methyl sites for hydroxylation is 1. The second-order valence-electron chi connectivity index (χ2n) is 5.96. The molecule has 29 heavy (non-hydrogen) atoms. The SMILES string of the molecule is Cc1nn(-c2cccc(C(F)(F)F)c2)c(Cl)c1C=NNC(=O)c1ccc(Cl)cc1. The van der Waals surface area contributed by atoms with Gasteiger partial charge in [-0.25, -0.2) is 10.1 Å². The van der Waals surface area contributed by atoms with Gasteiger partial charge < -0.3 is 0 Å². The predicted molar refractivity (Wildman–Crippen MR) is 105 cm³/mol. The highest BCUT2D eigenvalue weighted by atomic mass is 35.5. The third kappa shape index (κ3) is 4.78. The van der Waals surface area contributed by atoms with E-state index in [4.69, 9.17) is 23.2 Å².